The van der Waals surface area contributed by atoms with Crippen molar-refractivity contribution < 1.29 is 18.3 Å². The lowest BCUT2D eigenvalue weighted by Gasteiger charge is -2.34. The number of nitrogens with zero attached hydrogens (tertiary/aromatic N) is 1. The molecule has 1 atom stereocenters. The number of thiophene rings is 1. The quantitative estimate of drug-likeness (QED) is 0.587. The number of aryl methyl sites for hydroxylation is 1. The molecule has 2 aromatic heterocycles. The van der Waals surface area contributed by atoms with Crippen LogP contribution >= 0.6 is 22.7 Å². The van der Waals surface area contributed by atoms with Gasteiger partial charge in [0.25, 0.3) is 0 Å². The zero-order valence-electron chi connectivity index (χ0n) is 15.9. The fraction of sp³-hybridized carbons (Fsp3) is 0.333. The van der Waals surface area contributed by atoms with Crippen LogP contribution in [0.1, 0.15) is 35.6 Å². The molecular formula is C21H21NO4S3. The first-order chi connectivity index (χ1) is 13.8. The van der Waals surface area contributed by atoms with Crippen molar-refractivity contribution in [1.82, 2.24) is 4.98 Å². The number of carbonyl (C=O) groups is 1. The van der Waals surface area contributed by atoms with Crippen molar-refractivity contribution in [2.45, 2.75) is 37.4 Å². The molecule has 0 amide bonds. The van der Waals surface area contributed by atoms with Crippen LogP contribution in [0, 0.1) is 6.92 Å². The Morgan fingerprint density at radius 2 is 1.86 bits per heavy atom. The summed E-state index contributed by atoms with van der Waals surface area (Å²) in [6.07, 6.45) is 1.31. The van der Waals surface area contributed by atoms with Crippen LogP contribution < -0.4 is 0 Å². The van der Waals surface area contributed by atoms with E-state index in [1.54, 1.807) is 17.4 Å². The molecule has 1 aliphatic heterocycles. The lowest BCUT2D eigenvalue weighted by atomic mass is 9.95. The first kappa shape index (κ1) is 20.3. The van der Waals surface area contributed by atoms with E-state index in [1.807, 2.05) is 42.6 Å². The molecule has 1 fully saturated rings. The summed E-state index contributed by atoms with van der Waals surface area (Å²) >= 11 is 2.99. The number of hydrogen-bond acceptors (Lipinski definition) is 6. The van der Waals surface area contributed by atoms with Crippen molar-refractivity contribution in [2.75, 3.05) is 5.75 Å². The van der Waals surface area contributed by atoms with Gasteiger partial charge in [0.1, 0.15) is 4.75 Å². The maximum Gasteiger partial charge on any atom is 0.305 e. The van der Waals surface area contributed by atoms with Gasteiger partial charge in [-0.15, -0.1) is 22.7 Å². The Hall–Kier alpha value is -2.03. The second kappa shape index (κ2) is 7.66. The third-order valence-electron chi connectivity index (χ3n) is 5.42. The van der Waals surface area contributed by atoms with E-state index in [4.69, 9.17) is 0 Å². The van der Waals surface area contributed by atoms with Gasteiger partial charge in [-0.1, -0.05) is 30.7 Å². The Kier molecular flexibility index (Phi) is 5.35. The van der Waals surface area contributed by atoms with E-state index in [-0.39, 0.29) is 12.2 Å². The minimum atomic E-state index is -3.52. The van der Waals surface area contributed by atoms with Gasteiger partial charge in [-0.3, -0.25) is 4.79 Å². The number of carboxylic acid groups (broad SMARTS) is 1. The van der Waals surface area contributed by atoms with E-state index in [1.165, 1.54) is 11.3 Å². The summed E-state index contributed by atoms with van der Waals surface area (Å²) in [6, 6.07) is 11.7. The van der Waals surface area contributed by atoms with Crippen LogP contribution in [0.15, 0.2) is 41.8 Å². The summed E-state index contributed by atoms with van der Waals surface area (Å²) in [7, 11) is -3.52. The topological polar surface area (TPSA) is 84.3 Å². The zero-order valence-corrected chi connectivity index (χ0v) is 18.4. The Morgan fingerprint density at radius 1 is 1.14 bits per heavy atom. The van der Waals surface area contributed by atoms with Gasteiger partial charge in [-0.2, -0.15) is 0 Å². The van der Waals surface area contributed by atoms with Gasteiger partial charge >= 0.3 is 5.97 Å². The van der Waals surface area contributed by atoms with Crippen LogP contribution in [0.4, 0.5) is 0 Å². The summed E-state index contributed by atoms with van der Waals surface area (Å²) in [5.74, 6) is -1.02. The summed E-state index contributed by atoms with van der Waals surface area (Å²) < 4.78 is 24.5. The predicted molar refractivity (Wildman–Crippen MR) is 117 cm³/mol. The highest BCUT2D eigenvalue weighted by Crippen LogP contribution is 2.47. The molecule has 4 rings (SSSR count). The maximum absolute atomic E-state index is 12.9. The van der Waals surface area contributed by atoms with Crippen LogP contribution in [-0.4, -0.2) is 30.2 Å². The lowest BCUT2D eigenvalue weighted by Crippen LogP contribution is -2.41. The molecule has 1 aliphatic rings. The molecule has 0 saturated carbocycles. The van der Waals surface area contributed by atoms with Crippen LogP contribution in [0.5, 0.6) is 0 Å². The van der Waals surface area contributed by atoms with E-state index >= 15 is 0 Å². The van der Waals surface area contributed by atoms with E-state index < -0.39 is 20.6 Å². The van der Waals surface area contributed by atoms with Crippen molar-refractivity contribution in [2.24, 2.45) is 0 Å². The number of hydrogen-bond donors (Lipinski definition) is 1. The number of rotatable bonds is 5. The molecule has 0 bridgehead atoms. The molecule has 1 N–H and O–H groups in total. The van der Waals surface area contributed by atoms with Gasteiger partial charge < -0.3 is 5.11 Å². The highest BCUT2D eigenvalue weighted by Gasteiger charge is 2.49. The van der Waals surface area contributed by atoms with Crippen LogP contribution in [0.2, 0.25) is 0 Å². The number of aliphatic carboxylic acids is 1. The average Bonchev–Trinajstić information content (AvgIpc) is 3.33. The van der Waals surface area contributed by atoms with Crippen molar-refractivity contribution in [3.05, 3.63) is 51.7 Å². The van der Waals surface area contributed by atoms with Gasteiger partial charge in [0.05, 0.1) is 22.9 Å². The summed E-state index contributed by atoms with van der Waals surface area (Å²) in [5.41, 5.74) is 2.96. The highest BCUT2D eigenvalue weighted by atomic mass is 32.2. The SMILES string of the molecule is Cc1nc(-c2ccc(-c3ccc([C@@]4(CC(=O)O)CCCCS4(=O)=O)s3)cc2)cs1. The number of benzene rings is 1. The fourth-order valence-electron chi connectivity index (χ4n) is 3.90. The molecule has 1 saturated heterocycles. The van der Waals surface area contributed by atoms with E-state index in [0.29, 0.717) is 17.7 Å². The Morgan fingerprint density at radius 3 is 2.48 bits per heavy atom. The van der Waals surface area contributed by atoms with E-state index in [2.05, 4.69) is 4.98 Å². The van der Waals surface area contributed by atoms with E-state index in [0.717, 1.165) is 33.1 Å². The predicted octanol–water partition coefficient (Wildman–Crippen LogP) is 5.12. The average molecular weight is 448 g/mol. The third kappa shape index (κ3) is 3.76. The number of aromatic nitrogens is 1. The number of thiazole rings is 1. The van der Waals surface area contributed by atoms with Gasteiger partial charge in [0, 0.05) is 20.7 Å². The highest BCUT2D eigenvalue weighted by molar-refractivity contribution is 7.92. The first-order valence-corrected chi connectivity index (χ1v) is 12.7. The van der Waals surface area contributed by atoms with Crippen LogP contribution in [-0.2, 0) is 19.4 Å². The third-order valence-corrected chi connectivity index (χ3v) is 10.2. The monoisotopic (exact) mass is 447 g/mol. The van der Waals surface area contributed by atoms with Crippen LogP contribution in [0.3, 0.4) is 0 Å². The molecule has 8 heteroatoms. The minimum absolute atomic E-state index is 0.0509. The van der Waals surface area contributed by atoms with Gasteiger partial charge in [0.2, 0.25) is 0 Å². The molecule has 152 valence electrons. The zero-order chi connectivity index (χ0) is 20.6. The van der Waals surface area contributed by atoms with Crippen molar-refractivity contribution in [1.29, 1.82) is 0 Å². The first-order valence-electron chi connectivity index (χ1n) is 9.38. The molecule has 0 spiro atoms. The minimum Gasteiger partial charge on any atom is -0.481 e. The molecule has 0 radical (unpaired) electrons. The Bertz CT molecular complexity index is 1140. The standard InChI is InChI=1S/C21H21NO4S3/c1-14-22-17(13-27-14)15-4-6-16(7-5-15)18-8-9-19(28-18)21(12-20(23)24)10-2-3-11-29(21,25)26/h4-9,13H,2-3,10-12H2,1H3,(H,23,24)/t21-/m0/s1. The lowest BCUT2D eigenvalue weighted by molar-refractivity contribution is -0.137. The number of carboxylic acids is 1. The van der Waals surface area contributed by atoms with Crippen molar-refractivity contribution >= 4 is 38.5 Å². The summed E-state index contributed by atoms with van der Waals surface area (Å²) in [5, 5.41) is 12.5. The number of sulfone groups is 1. The second-order valence-electron chi connectivity index (χ2n) is 7.33. The normalized spacial score (nSPS) is 21.1. The molecular weight excluding hydrogens is 426 g/mol. The molecule has 0 unspecified atom stereocenters. The Balaban J connectivity index is 1.68. The molecule has 3 heterocycles. The van der Waals surface area contributed by atoms with Crippen molar-refractivity contribution in [3.8, 4) is 21.7 Å². The van der Waals surface area contributed by atoms with Gasteiger partial charge in [-0.05, 0) is 37.5 Å². The van der Waals surface area contributed by atoms with Crippen molar-refractivity contribution in [3.63, 3.8) is 0 Å². The molecule has 3 aromatic rings. The smallest absolute Gasteiger partial charge is 0.305 e. The molecule has 0 aliphatic carbocycles. The Labute approximate surface area is 178 Å². The second-order valence-corrected chi connectivity index (χ2v) is 11.9. The maximum atomic E-state index is 12.9. The summed E-state index contributed by atoms with van der Waals surface area (Å²) in [4.78, 5) is 17.6. The summed E-state index contributed by atoms with van der Waals surface area (Å²) in [6.45, 7) is 1.97. The van der Waals surface area contributed by atoms with Crippen LogP contribution in [0.25, 0.3) is 21.7 Å². The fourth-order valence-corrected chi connectivity index (χ4v) is 8.30. The van der Waals surface area contributed by atoms with Gasteiger partial charge in [0.15, 0.2) is 9.84 Å². The molecule has 29 heavy (non-hydrogen) atoms. The van der Waals surface area contributed by atoms with Gasteiger partial charge in [-0.25, -0.2) is 13.4 Å². The largest absolute Gasteiger partial charge is 0.481 e. The molecule has 1 aromatic carbocycles. The molecule has 5 nitrogen and oxygen atoms in total. The van der Waals surface area contributed by atoms with E-state index in [9.17, 15) is 18.3 Å².